The molecule has 0 aliphatic rings. The minimum absolute atomic E-state index is 0.170. The van der Waals surface area contributed by atoms with Gasteiger partial charge >= 0.3 is 5.97 Å². The molecule has 0 aliphatic carbocycles. The second kappa shape index (κ2) is 6.89. The molecule has 6 heteroatoms. The number of ether oxygens (including phenoxy) is 3. The first kappa shape index (κ1) is 16.3. The summed E-state index contributed by atoms with van der Waals surface area (Å²) in [5.41, 5.74) is 1.24. The highest BCUT2D eigenvalue weighted by molar-refractivity contribution is 5.92. The molecule has 0 bridgehead atoms. The number of fused-ring (bicyclic) bond motifs is 1. The van der Waals surface area contributed by atoms with Crippen LogP contribution < -0.4 is 14.2 Å². The maximum absolute atomic E-state index is 12.4. The number of hydrogen-bond acceptors (Lipinski definition) is 6. The van der Waals surface area contributed by atoms with E-state index < -0.39 is 5.97 Å². The van der Waals surface area contributed by atoms with Crippen LogP contribution in [0.3, 0.4) is 0 Å². The zero-order valence-electron chi connectivity index (χ0n) is 13.6. The third kappa shape index (κ3) is 3.35. The molecular formula is C19H14N2O4. The normalized spacial score (nSPS) is 10.1. The Kier molecular flexibility index (Phi) is 4.48. The number of nitrogens with zero attached hydrogens (tertiary/aromatic N) is 2. The van der Waals surface area contributed by atoms with E-state index in [0.717, 1.165) is 5.39 Å². The third-order valence-electron chi connectivity index (χ3n) is 3.60. The first-order valence-electron chi connectivity index (χ1n) is 7.39. The van der Waals surface area contributed by atoms with Gasteiger partial charge in [0.2, 0.25) is 0 Å². The number of methoxy groups -OCH3 is 2. The van der Waals surface area contributed by atoms with Gasteiger partial charge in [0.25, 0.3) is 0 Å². The Labute approximate surface area is 144 Å². The van der Waals surface area contributed by atoms with Crippen LogP contribution in [0, 0.1) is 11.3 Å². The Morgan fingerprint density at radius 2 is 1.84 bits per heavy atom. The molecule has 0 amide bonds. The molecule has 0 radical (unpaired) electrons. The summed E-state index contributed by atoms with van der Waals surface area (Å²) in [4.78, 5) is 16.7. The lowest BCUT2D eigenvalue weighted by atomic mass is 10.2. The van der Waals surface area contributed by atoms with Gasteiger partial charge in [0.1, 0.15) is 11.4 Å². The molecule has 2 aromatic carbocycles. The Hall–Kier alpha value is -3.59. The van der Waals surface area contributed by atoms with Crippen molar-refractivity contribution in [3.05, 3.63) is 59.8 Å². The number of pyridine rings is 1. The molecule has 1 aromatic heterocycles. The topological polar surface area (TPSA) is 81.4 Å². The molecule has 3 aromatic rings. The monoisotopic (exact) mass is 334 g/mol. The highest BCUT2D eigenvalue weighted by Crippen LogP contribution is 2.28. The SMILES string of the molecule is COc1ccc2nc(C(=O)Oc3ccc(C#N)cc3OC)ccc2c1. The smallest absolute Gasteiger partial charge is 0.362 e. The Morgan fingerprint density at radius 1 is 1.00 bits per heavy atom. The molecule has 0 atom stereocenters. The summed E-state index contributed by atoms with van der Waals surface area (Å²) in [6.07, 6.45) is 0. The van der Waals surface area contributed by atoms with Crippen LogP contribution in [0.2, 0.25) is 0 Å². The second-order valence-electron chi connectivity index (χ2n) is 5.12. The zero-order chi connectivity index (χ0) is 17.8. The van der Waals surface area contributed by atoms with Crippen molar-refractivity contribution in [2.45, 2.75) is 0 Å². The quantitative estimate of drug-likeness (QED) is 0.537. The fourth-order valence-corrected chi connectivity index (χ4v) is 2.32. The number of aromatic nitrogens is 1. The van der Waals surface area contributed by atoms with Gasteiger partial charge in [0, 0.05) is 11.5 Å². The van der Waals surface area contributed by atoms with Crippen molar-refractivity contribution in [1.29, 1.82) is 5.26 Å². The van der Waals surface area contributed by atoms with E-state index in [9.17, 15) is 4.79 Å². The van der Waals surface area contributed by atoms with Crippen molar-refractivity contribution in [2.24, 2.45) is 0 Å². The average Bonchev–Trinajstić information content (AvgIpc) is 2.67. The lowest BCUT2D eigenvalue weighted by Gasteiger charge is -2.09. The maximum atomic E-state index is 12.4. The molecule has 0 fully saturated rings. The predicted molar refractivity (Wildman–Crippen MR) is 91.0 cm³/mol. The van der Waals surface area contributed by atoms with Crippen molar-refractivity contribution in [3.63, 3.8) is 0 Å². The van der Waals surface area contributed by atoms with Gasteiger partial charge in [-0.25, -0.2) is 9.78 Å². The minimum atomic E-state index is -0.610. The number of carbonyl (C=O) groups excluding carboxylic acids is 1. The van der Waals surface area contributed by atoms with Crippen LogP contribution in [0.5, 0.6) is 17.2 Å². The molecule has 124 valence electrons. The molecule has 0 unspecified atom stereocenters. The van der Waals surface area contributed by atoms with Crippen LogP contribution in [0.1, 0.15) is 16.1 Å². The average molecular weight is 334 g/mol. The molecule has 0 N–H and O–H groups in total. The molecule has 0 saturated heterocycles. The lowest BCUT2D eigenvalue weighted by molar-refractivity contribution is 0.0724. The van der Waals surface area contributed by atoms with Gasteiger partial charge in [-0.3, -0.25) is 0 Å². The fraction of sp³-hybridized carbons (Fsp3) is 0.105. The van der Waals surface area contributed by atoms with E-state index in [1.54, 1.807) is 37.4 Å². The Morgan fingerprint density at radius 3 is 2.56 bits per heavy atom. The van der Waals surface area contributed by atoms with Gasteiger partial charge in [-0.15, -0.1) is 0 Å². The number of esters is 1. The molecule has 0 saturated carbocycles. The largest absolute Gasteiger partial charge is 0.497 e. The fourth-order valence-electron chi connectivity index (χ4n) is 2.32. The van der Waals surface area contributed by atoms with E-state index in [1.165, 1.54) is 19.2 Å². The van der Waals surface area contributed by atoms with E-state index >= 15 is 0 Å². The summed E-state index contributed by atoms with van der Waals surface area (Å²) < 4.78 is 15.7. The molecule has 3 rings (SSSR count). The van der Waals surface area contributed by atoms with Crippen molar-refractivity contribution in [1.82, 2.24) is 4.98 Å². The summed E-state index contributed by atoms with van der Waals surface area (Å²) in [6.45, 7) is 0. The van der Waals surface area contributed by atoms with E-state index in [0.29, 0.717) is 22.6 Å². The lowest BCUT2D eigenvalue weighted by Crippen LogP contribution is -2.11. The standard InChI is InChI=1S/C19H14N2O4/c1-23-14-5-7-15-13(10-14)4-6-16(21-15)19(22)25-17-8-3-12(11-20)9-18(17)24-2/h3-10H,1-2H3. The van der Waals surface area contributed by atoms with Crippen LogP contribution in [0.25, 0.3) is 10.9 Å². The Balaban J connectivity index is 1.89. The van der Waals surface area contributed by atoms with Gasteiger partial charge in [-0.2, -0.15) is 5.26 Å². The van der Waals surface area contributed by atoms with Crippen LogP contribution in [0.4, 0.5) is 0 Å². The third-order valence-corrected chi connectivity index (χ3v) is 3.60. The number of nitriles is 1. The van der Waals surface area contributed by atoms with Crippen molar-refractivity contribution in [3.8, 4) is 23.3 Å². The van der Waals surface area contributed by atoms with E-state index in [4.69, 9.17) is 19.5 Å². The van der Waals surface area contributed by atoms with Crippen molar-refractivity contribution >= 4 is 16.9 Å². The van der Waals surface area contributed by atoms with Crippen LogP contribution in [0.15, 0.2) is 48.5 Å². The van der Waals surface area contributed by atoms with Gasteiger partial charge in [0.05, 0.1) is 31.4 Å². The van der Waals surface area contributed by atoms with Gasteiger partial charge in [0.15, 0.2) is 11.5 Å². The van der Waals surface area contributed by atoms with Gasteiger partial charge < -0.3 is 14.2 Å². The van der Waals surface area contributed by atoms with Gasteiger partial charge in [-0.05, 0) is 36.4 Å². The molecular weight excluding hydrogens is 320 g/mol. The molecule has 1 heterocycles. The summed E-state index contributed by atoms with van der Waals surface area (Å²) in [5.74, 6) is 0.633. The zero-order valence-corrected chi connectivity index (χ0v) is 13.6. The number of hydrogen-bond donors (Lipinski definition) is 0. The maximum Gasteiger partial charge on any atom is 0.362 e. The summed E-state index contributed by atoms with van der Waals surface area (Å²) in [7, 11) is 3.03. The molecule has 6 nitrogen and oxygen atoms in total. The molecule has 0 spiro atoms. The highest BCUT2D eigenvalue weighted by Gasteiger charge is 2.15. The highest BCUT2D eigenvalue weighted by atomic mass is 16.6. The van der Waals surface area contributed by atoms with Crippen LogP contribution >= 0.6 is 0 Å². The van der Waals surface area contributed by atoms with E-state index in [1.807, 2.05) is 12.1 Å². The van der Waals surface area contributed by atoms with Gasteiger partial charge in [-0.1, -0.05) is 6.07 Å². The predicted octanol–water partition coefficient (Wildman–Crippen LogP) is 3.34. The molecule has 25 heavy (non-hydrogen) atoms. The Bertz CT molecular complexity index is 992. The minimum Gasteiger partial charge on any atom is -0.497 e. The number of rotatable bonds is 4. The molecule has 0 aliphatic heterocycles. The van der Waals surface area contributed by atoms with Crippen molar-refractivity contribution in [2.75, 3.05) is 14.2 Å². The second-order valence-corrected chi connectivity index (χ2v) is 5.12. The first-order valence-corrected chi connectivity index (χ1v) is 7.39. The van der Waals surface area contributed by atoms with Crippen LogP contribution in [-0.4, -0.2) is 25.2 Å². The number of benzene rings is 2. The van der Waals surface area contributed by atoms with Crippen LogP contribution in [-0.2, 0) is 0 Å². The van der Waals surface area contributed by atoms with E-state index in [-0.39, 0.29) is 11.4 Å². The van der Waals surface area contributed by atoms with Crippen molar-refractivity contribution < 1.29 is 19.0 Å². The van der Waals surface area contributed by atoms with E-state index in [2.05, 4.69) is 4.98 Å². The number of carbonyl (C=O) groups is 1. The summed E-state index contributed by atoms with van der Waals surface area (Å²) in [5, 5.41) is 9.77. The summed E-state index contributed by atoms with van der Waals surface area (Å²) >= 11 is 0. The summed E-state index contributed by atoms with van der Waals surface area (Å²) in [6, 6.07) is 15.3. The first-order chi connectivity index (χ1) is 12.1.